The summed E-state index contributed by atoms with van der Waals surface area (Å²) in [5.41, 5.74) is 5.95. The molecule has 1 aromatic carbocycles. The van der Waals surface area contributed by atoms with Crippen LogP contribution in [0.4, 0.5) is 8.78 Å². The van der Waals surface area contributed by atoms with Crippen LogP contribution in [0.15, 0.2) is 24.3 Å². The molecule has 0 aromatic heterocycles. The monoisotopic (exact) mass is 229 g/mol. The molecule has 0 aliphatic rings. The summed E-state index contributed by atoms with van der Waals surface area (Å²) in [7, 11) is 0. The summed E-state index contributed by atoms with van der Waals surface area (Å²) < 4.78 is 29.2. The number of benzene rings is 1. The van der Waals surface area contributed by atoms with Crippen LogP contribution >= 0.6 is 0 Å². The number of carbonyl (C=O) groups excluding carboxylic acids is 1. The number of hydrogen-bond donors (Lipinski definition) is 1. The Morgan fingerprint density at radius 3 is 2.25 bits per heavy atom. The number of esters is 1. The average molecular weight is 229 g/mol. The van der Waals surface area contributed by atoms with Crippen molar-refractivity contribution in [3.8, 4) is 0 Å². The van der Waals surface area contributed by atoms with Crippen molar-refractivity contribution in [2.75, 3.05) is 6.61 Å². The molecule has 1 aromatic rings. The fourth-order valence-corrected chi connectivity index (χ4v) is 1.22. The molecule has 0 amide bonds. The van der Waals surface area contributed by atoms with Gasteiger partial charge in [0.05, 0.1) is 6.61 Å². The van der Waals surface area contributed by atoms with Crippen LogP contribution in [0.2, 0.25) is 0 Å². The second-order valence-electron chi connectivity index (χ2n) is 3.20. The van der Waals surface area contributed by atoms with Gasteiger partial charge in [0.25, 0.3) is 6.43 Å². The summed E-state index contributed by atoms with van der Waals surface area (Å²) in [6, 6.07) is 4.39. The first-order valence-electron chi connectivity index (χ1n) is 4.86. The van der Waals surface area contributed by atoms with Crippen LogP contribution in [-0.4, -0.2) is 12.6 Å². The number of ether oxygens (including phenoxy) is 1. The predicted octanol–water partition coefficient (Wildman–Crippen LogP) is 2.19. The number of alkyl halides is 2. The number of carbonyl (C=O) groups is 1. The van der Waals surface area contributed by atoms with E-state index in [9.17, 15) is 13.6 Å². The summed E-state index contributed by atoms with van der Waals surface area (Å²) in [6.07, 6.45) is -2.52. The highest BCUT2D eigenvalue weighted by Crippen LogP contribution is 2.20. The van der Waals surface area contributed by atoms with Gasteiger partial charge in [-0.15, -0.1) is 0 Å². The second kappa shape index (κ2) is 5.55. The molecule has 0 fully saturated rings. The maximum Gasteiger partial charge on any atom is 0.327 e. The predicted molar refractivity (Wildman–Crippen MR) is 55.0 cm³/mol. The van der Waals surface area contributed by atoms with Crippen molar-refractivity contribution in [1.29, 1.82) is 0 Å². The maximum absolute atomic E-state index is 12.3. The quantitative estimate of drug-likeness (QED) is 0.805. The Hall–Kier alpha value is -1.49. The fraction of sp³-hybridized carbons (Fsp3) is 0.364. The lowest BCUT2D eigenvalue weighted by molar-refractivity contribution is -0.144. The van der Waals surface area contributed by atoms with Gasteiger partial charge in [-0.25, -0.2) is 13.6 Å². The lowest BCUT2D eigenvalue weighted by Gasteiger charge is -2.11. The van der Waals surface area contributed by atoms with Gasteiger partial charge in [0.2, 0.25) is 0 Å². The van der Waals surface area contributed by atoms with Crippen molar-refractivity contribution in [3.63, 3.8) is 0 Å². The van der Waals surface area contributed by atoms with Crippen molar-refractivity contribution in [3.05, 3.63) is 35.4 Å². The summed E-state index contributed by atoms with van der Waals surface area (Å²) in [5, 5.41) is 0. The molecular formula is C11H13F2NO2. The summed E-state index contributed by atoms with van der Waals surface area (Å²) >= 11 is 0. The van der Waals surface area contributed by atoms with Crippen LogP contribution in [0.3, 0.4) is 0 Å². The van der Waals surface area contributed by atoms with Crippen molar-refractivity contribution in [2.24, 2.45) is 5.73 Å². The summed E-state index contributed by atoms with van der Waals surface area (Å²) in [5.74, 6) is -0.563. The number of rotatable bonds is 4. The third-order valence-electron chi connectivity index (χ3n) is 2.09. The van der Waals surface area contributed by atoms with Gasteiger partial charge < -0.3 is 10.5 Å². The van der Waals surface area contributed by atoms with Gasteiger partial charge in [0, 0.05) is 5.56 Å². The highest BCUT2D eigenvalue weighted by atomic mass is 19.3. The second-order valence-corrected chi connectivity index (χ2v) is 3.20. The average Bonchev–Trinajstić information content (AvgIpc) is 2.28. The third kappa shape index (κ3) is 3.00. The molecule has 1 rings (SSSR count). The van der Waals surface area contributed by atoms with Gasteiger partial charge >= 0.3 is 5.97 Å². The van der Waals surface area contributed by atoms with Crippen molar-refractivity contribution in [1.82, 2.24) is 0 Å². The zero-order valence-corrected chi connectivity index (χ0v) is 8.82. The van der Waals surface area contributed by atoms with Gasteiger partial charge in [-0.05, 0) is 12.5 Å². The van der Waals surface area contributed by atoms with E-state index in [4.69, 9.17) is 10.5 Å². The molecule has 0 spiro atoms. The molecule has 0 radical (unpaired) electrons. The minimum Gasteiger partial charge on any atom is -0.465 e. The Bertz CT molecular complexity index is 352. The van der Waals surface area contributed by atoms with Crippen molar-refractivity contribution >= 4 is 5.97 Å². The lowest BCUT2D eigenvalue weighted by atomic mass is 10.1. The molecule has 2 N–H and O–H groups in total. The maximum atomic E-state index is 12.3. The number of halogens is 2. The first-order chi connectivity index (χ1) is 7.56. The molecule has 5 heteroatoms. The minimum absolute atomic E-state index is 0.0974. The lowest BCUT2D eigenvalue weighted by Crippen LogP contribution is -2.23. The third-order valence-corrected chi connectivity index (χ3v) is 2.09. The molecule has 0 saturated heterocycles. The smallest absolute Gasteiger partial charge is 0.327 e. The Morgan fingerprint density at radius 2 is 1.81 bits per heavy atom. The molecule has 88 valence electrons. The first kappa shape index (κ1) is 12.6. The van der Waals surface area contributed by atoms with Crippen molar-refractivity contribution < 1.29 is 18.3 Å². The minimum atomic E-state index is -2.52. The zero-order chi connectivity index (χ0) is 12.1. The molecule has 1 unspecified atom stereocenters. The van der Waals surface area contributed by atoms with Crippen molar-refractivity contribution in [2.45, 2.75) is 19.4 Å². The van der Waals surface area contributed by atoms with Gasteiger partial charge in [0.15, 0.2) is 0 Å². The van der Waals surface area contributed by atoms with Crippen LogP contribution in [0.5, 0.6) is 0 Å². The van der Waals surface area contributed by atoms with Crippen LogP contribution in [0, 0.1) is 0 Å². The Balaban J connectivity index is 2.77. The Morgan fingerprint density at radius 1 is 1.31 bits per heavy atom. The summed E-state index contributed by atoms with van der Waals surface area (Å²) in [6.45, 7) is 1.91. The molecule has 0 aliphatic heterocycles. The Labute approximate surface area is 92.2 Å². The topological polar surface area (TPSA) is 52.3 Å². The molecular weight excluding hydrogens is 216 g/mol. The largest absolute Gasteiger partial charge is 0.465 e. The van der Waals surface area contributed by atoms with Crippen LogP contribution in [0.25, 0.3) is 0 Å². The zero-order valence-electron chi connectivity index (χ0n) is 8.82. The Kier molecular flexibility index (Phi) is 4.37. The molecule has 0 bridgehead atoms. The van der Waals surface area contributed by atoms with E-state index in [0.717, 1.165) is 0 Å². The van der Waals surface area contributed by atoms with E-state index in [0.29, 0.717) is 5.56 Å². The molecule has 16 heavy (non-hydrogen) atoms. The fourth-order valence-electron chi connectivity index (χ4n) is 1.22. The highest BCUT2D eigenvalue weighted by molar-refractivity contribution is 5.77. The molecule has 0 saturated carbocycles. The van der Waals surface area contributed by atoms with Gasteiger partial charge in [-0.2, -0.15) is 0 Å². The van der Waals surface area contributed by atoms with Gasteiger partial charge in [0.1, 0.15) is 6.04 Å². The molecule has 1 atom stereocenters. The number of nitrogens with two attached hydrogens (primary N) is 1. The number of hydrogen-bond acceptors (Lipinski definition) is 3. The molecule has 3 nitrogen and oxygen atoms in total. The van der Waals surface area contributed by atoms with E-state index in [1.54, 1.807) is 6.92 Å². The van der Waals surface area contributed by atoms with Gasteiger partial charge in [-0.1, -0.05) is 24.3 Å². The van der Waals surface area contributed by atoms with Gasteiger partial charge in [-0.3, -0.25) is 0 Å². The van der Waals surface area contributed by atoms with E-state index < -0.39 is 18.4 Å². The molecule has 0 heterocycles. The normalized spacial score (nSPS) is 12.6. The van der Waals surface area contributed by atoms with E-state index in [1.807, 2.05) is 0 Å². The highest BCUT2D eigenvalue weighted by Gasteiger charge is 2.17. The van der Waals surface area contributed by atoms with Crippen LogP contribution in [0.1, 0.15) is 30.5 Å². The van der Waals surface area contributed by atoms with E-state index >= 15 is 0 Å². The van der Waals surface area contributed by atoms with E-state index in [1.165, 1.54) is 24.3 Å². The van der Waals surface area contributed by atoms with E-state index in [-0.39, 0.29) is 12.2 Å². The van der Waals surface area contributed by atoms with Crippen LogP contribution in [-0.2, 0) is 9.53 Å². The molecule has 0 aliphatic carbocycles. The standard InChI is InChI=1S/C11H13F2NO2/c1-2-16-11(15)9(14)7-3-5-8(6-4-7)10(12)13/h3-6,9-10H,2,14H2,1H3. The SMILES string of the molecule is CCOC(=O)C(N)c1ccc(C(F)F)cc1. The summed E-state index contributed by atoms with van der Waals surface area (Å²) in [4.78, 5) is 11.3. The first-order valence-corrected chi connectivity index (χ1v) is 4.86. The van der Waals surface area contributed by atoms with E-state index in [2.05, 4.69) is 0 Å². The van der Waals surface area contributed by atoms with Crippen LogP contribution < -0.4 is 5.73 Å².